The zero-order valence-corrected chi connectivity index (χ0v) is 10.7. The van der Waals surface area contributed by atoms with Gasteiger partial charge in [-0.1, -0.05) is 12.1 Å². The van der Waals surface area contributed by atoms with Gasteiger partial charge in [0, 0.05) is 24.0 Å². The summed E-state index contributed by atoms with van der Waals surface area (Å²) in [5.41, 5.74) is 10.1. The Morgan fingerprint density at radius 3 is 3.05 bits per heavy atom. The van der Waals surface area contributed by atoms with Gasteiger partial charge in [0.05, 0.1) is 5.56 Å². The minimum Gasteiger partial charge on any atom is -0.384 e. The lowest BCUT2D eigenvalue weighted by Gasteiger charge is -2.07. The van der Waals surface area contributed by atoms with Gasteiger partial charge in [-0.15, -0.1) is 0 Å². The molecule has 0 spiro atoms. The normalized spacial score (nSPS) is 12.9. The second kappa shape index (κ2) is 4.39. The number of nitrogens with zero attached hydrogens (tertiary/aromatic N) is 1. The van der Waals surface area contributed by atoms with Gasteiger partial charge in [-0.25, -0.2) is 4.98 Å². The zero-order valence-electron chi connectivity index (χ0n) is 10.7. The van der Waals surface area contributed by atoms with Crippen LogP contribution in [0, 0.1) is 6.92 Å². The number of pyridine rings is 1. The van der Waals surface area contributed by atoms with Crippen molar-refractivity contribution in [2.24, 2.45) is 0 Å². The van der Waals surface area contributed by atoms with Gasteiger partial charge in [0.1, 0.15) is 5.82 Å². The standard InChI is InChI=1S/C15H15N3O/c1-9-6-12(15(16)18-8-9)14(19)11-3-2-10-4-5-17-13(10)7-11/h2-3,6-8,17H,4-5H2,1H3,(H2,16,18). The van der Waals surface area contributed by atoms with E-state index >= 15 is 0 Å². The molecule has 1 aliphatic heterocycles. The summed E-state index contributed by atoms with van der Waals surface area (Å²) >= 11 is 0. The molecule has 0 fully saturated rings. The number of fused-ring (bicyclic) bond motifs is 1. The van der Waals surface area contributed by atoms with Crippen LogP contribution in [0.2, 0.25) is 0 Å². The van der Waals surface area contributed by atoms with E-state index in [-0.39, 0.29) is 11.6 Å². The molecule has 3 N–H and O–H groups in total. The number of anilines is 2. The number of rotatable bonds is 2. The Morgan fingerprint density at radius 1 is 1.37 bits per heavy atom. The molecular weight excluding hydrogens is 238 g/mol. The second-order valence-corrected chi connectivity index (χ2v) is 4.82. The summed E-state index contributed by atoms with van der Waals surface area (Å²) in [7, 11) is 0. The van der Waals surface area contributed by atoms with Crippen LogP contribution in [0.3, 0.4) is 0 Å². The van der Waals surface area contributed by atoms with E-state index in [2.05, 4.69) is 10.3 Å². The van der Waals surface area contributed by atoms with Crippen molar-refractivity contribution in [1.82, 2.24) is 4.98 Å². The number of hydrogen-bond donors (Lipinski definition) is 2. The molecule has 0 atom stereocenters. The summed E-state index contributed by atoms with van der Waals surface area (Å²) in [6, 6.07) is 7.54. The summed E-state index contributed by atoms with van der Waals surface area (Å²) in [4.78, 5) is 16.5. The fraction of sp³-hybridized carbons (Fsp3) is 0.200. The first-order valence-corrected chi connectivity index (χ1v) is 6.29. The van der Waals surface area contributed by atoms with Crippen LogP contribution < -0.4 is 11.1 Å². The molecule has 0 amide bonds. The van der Waals surface area contributed by atoms with E-state index in [9.17, 15) is 4.79 Å². The number of aromatic nitrogens is 1. The molecule has 0 saturated carbocycles. The highest BCUT2D eigenvalue weighted by Crippen LogP contribution is 2.25. The summed E-state index contributed by atoms with van der Waals surface area (Å²) in [5, 5.41) is 3.27. The van der Waals surface area contributed by atoms with Crippen LogP contribution >= 0.6 is 0 Å². The Hall–Kier alpha value is -2.36. The first-order chi connectivity index (χ1) is 9.15. The number of hydrogen-bond acceptors (Lipinski definition) is 4. The Balaban J connectivity index is 2.02. The minimum absolute atomic E-state index is 0.0785. The number of nitrogens with two attached hydrogens (primary N) is 1. The SMILES string of the molecule is Cc1cnc(N)c(C(=O)c2ccc3c(c2)NCC3)c1. The first kappa shape index (κ1) is 11.7. The van der Waals surface area contributed by atoms with E-state index in [0.717, 1.165) is 24.2 Å². The maximum atomic E-state index is 12.5. The van der Waals surface area contributed by atoms with Gasteiger partial charge in [-0.2, -0.15) is 0 Å². The van der Waals surface area contributed by atoms with Gasteiger partial charge in [0.2, 0.25) is 0 Å². The highest BCUT2D eigenvalue weighted by atomic mass is 16.1. The topological polar surface area (TPSA) is 68.0 Å². The maximum Gasteiger partial charge on any atom is 0.196 e. The molecule has 2 aromatic rings. The third-order valence-electron chi connectivity index (χ3n) is 3.38. The lowest BCUT2D eigenvalue weighted by Crippen LogP contribution is -2.07. The fourth-order valence-corrected chi connectivity index (χ4v) is 2.35. The number of nitrogen functional groups attached to an aromatic ring is 1. The van der Waals surface area contributed by atoms with Crippen molar-refractivity contribution in [3.8, 4) is 0 Å². The van der Waals surface area contributed by atoms with Gasteiger partial charge >= 0.3 is 0 Å². The summed E-state index contributed by atoms with van der Waals surface area (Å²) in [5.74, 6) is 0.203. The molecule has 0 radical (unpaired) electrons. The average Bonchev–Trinajstić information content (AvgIpc) is 2.88. The van der Waals surface area contributed by atoms with Crippen molar-refractivity contribution in [3.05, 3.63) is 52.7 Å². The molecule has 4 heteroatoms. The van der Waals surface area contributed by atoms with Crippen LogP contribution in [-0.2, 0) is 6.42 Å². The van der Waals surface area contributed by atoms with Crippen LogP contribution in [0.5, 0.6) is 0 Å². The molecule has 1 aromatic carbocycles. The van der Waals surface area contributed by atoms with Crippen LogP contribution in [-0.4, -0.2) is 17.3 Å². The minimum atomic E-state index is -0.0785. The van der Waals surface area contributed by atoms with E-state index in [0.29, 0.717) is 11.1 Å². The van der Waals surface area contributed by atoms with Crippen molar-refractivity contribution in [2.75, 3.05) is 17.6 Å². The largest absolute Gasteiger partial charge is 0.384 e. The molecule has 0 saturated heterocycles. The van der Waals surface area contributed by atoms with E-state index in [1.54, 1.807) is 12.3 Å². The Bertz CT molecular complexity index is 664. The van der Waals surface area contributed by atoms with Crippen LogP contribution in [0.4, 0.5) is 11.5 Å². The molecule has 1 aromatic heterocycles. The van der Waals surface area contributed by atoms with Gasteiger partial charge < -0.3 is 11.1 Å². The van der Waals surface area contributed by atoms with Crippen molar-refractivity contribution in [3.63, 3.8) is 0 Å². The fourth-order valence-electron chi connectivity index (χ4n) is 2.35. The Labute approximate surface area is 111 Å². The van der Waals surface area contributed by atoms with Crippen LogP contribution in [0.25, 0.3) is 0 Å². The highest BCUT2D eigenvalue weighted by Gasteiger charge is 2.17. The average molecular weight is 253 g/mol. The number of ketones is 1. The third kappa shape index (κ3) is 2.05. The lowest BCUT2D eigenvalue weighted by molar-refractivity contribution is 0.103. The molecule has 3 rings (SSSR count). The van der Waals surface area contributed by atoms with E-state index < -0.39 is 0 Å². The van der Waals surface area contributed by atoms with Crippen molar-refractivity contribution >= 4 is 17.3 Å². The smallest absolute Gasteiger partial charge is 0.196 e. The van der Waals surface area contributed by atoms with Gasteiger partial charge in [0.25, 0.3) is 0 Å². The molecule has 96 valence electrons. The summed E-state index contributed by atoms with van der Waals surface area (Å²) < 4.78 is 0. The predicted octanol–water partition coefficient (Wildman–Crippen LogP) is 2.17. The van der Waals surface area contributed by atoms with E-state index in [1.807, 2.05) is 25.1 Å². The second-order valence-electron chi connectivity index (χ2n) is 4.82. The molecule has 4 nitrogen and oxygen atoms in total. The monoisotopic (exact) mass is 253 g/mol. The molecular formula is C15H15N3O. The van der Waals surface area contributed by atoms with Crippen LogP contribution in [0.15, 0.2) is 30.5 Å². The molecule has 1 aliphatic rings. The van der Waals surface area contributed by atoms with Crippen molar-refractivity contribution in [1.29, 1.82) is 0 Å². The number of carbonyl (C=O) groups is 1. The van der Waals surface area contributed by atoms with Gasteiger partial charge in [0.15, 0.2) is 5.78 Å². The lowest BCUT2D eigenvalue weighted by atomic mass is 10.0. The summed E-state index contributed by atoms with van der Waals surface area (Å²) in [6.07, 6.45) is 2.67. The number of benzene rings is 1. The Morgan fingerprint density at radius 2 is 2.21 bits per heavy atom. The molecule has 0 unspecified atom stereocenters. The molecule has 0 aliphatic carbocycles. The quantitative estimate of drug-likeness (QED) is 0.805. The predicted molar refractivity (Wildman–Crippen MR) is 75.5 cm³/mol. The maximum absolute atomic E-state index is 12.5. The first-order valence-electron chi connectivity index (χ1n) is 6.29. The van der Waals surface area contributed by atoms with Crippen molar-refractivity contribution in [2.45, 2.75) is 13.3 Å². The summed E-state index contributed by atoms with van der Waals surface area (Å²) in [6.45, 7) is 2.83. The van der Waals surface area contributed by atoms with Gasteiger partial charge in [-0.3, -0.25) is 4.79 Å². The van der Waals surface area contributed by atoms with Crippen LogP contribution in [0.1, 0.15) is 27.0 Å². The number of aryl methyl sites for hydroxylation is 1. The molecule has 2 heterocycles. The molecule has 19 heavy (non-hydrogen) atoms. The number of carbonyl (C=O) groups excluding carboxylic acids is 1. The van der Waals surface area contributed by atoms with Crippen molar-refractivity contribution < 1.29 is 4.79 Å². The van der Waals surface area contributed by atoms with E-state index in [1.165, 1.54) is 5.56 Å². The number of nitrogens with one attached hydrogen (secondary N) is 1. The zero-order chi connectivity index (χ0) is 13.4. The third-order valence-corrected chi connectivity index (χ3v) is 3.38. The highest BCUT2D eigenvalue weighted by molar-refractivity contribution is 6.12. The van der Waals surface area contributed by atoms with E-state index in [4.69, 9.17) is 5.73 Å². The Kier molecular flexibility index (Phi) is 2.71. The van der Waals surface area contributed by atoms with Gasteiger partial charge in [-0.05, 0) is 36.6 Å². The molecule has 0 bridgehead atoms.